The van der Waals surface area contributed by atoms with Gasteiger partial charge in [0.1, 0.15) is 10.9 Å². The van der Waals surface area contributed by atoms with Gasteiger partial charge in [-0.05, 0) is 36.1 Å². The molecule has 0 spiro atoms. The van der Waals surface area contributed by atoms with Crippen LogP contribution in [-0.2, 0) is 6.42 Å². The van der Waals surface area contributed by atoms with Crippen LogP contribution in [0.1, 0.15) is 28.5 Å². The third-order valence-corrected chi connectivity index (χ3v) is 4.51. The first-order chi connectivity index (χ1) is 9.17. The third kappa shape index (κ3) is 2.25. The van der Waals surface area contributed by atoms with Gasteiger partial charge >= 0.3 is 0 Å². The Kier molecular flexibility index (Phi) is 3.05. The molecule has 0 saturated heterocycles. The molecule has 0 fully saturated rings. The van der Waals surface area contributed by atoms with Crippen LogP contribution >= 0.6 is 22.9 Å². The zero-order valence-corrected chi connectivity index (χ0v) is 11.6. The summed E-state index contributed by atoms with van der Waals surface area (Å²) < 4.78 is 0. The van der Waals surface area contributed by atoms with E-state index in [2.05, 4.69) is 16.4 Å². The highest BCUT2D eigenvalue weighted by molar-refractivity contribution is 7.16. The van der Waals surface area contributed by atoms with Crippen LogP contribution < -0.4 is 11.1 Å². The van der Waals surface area contributed by atoms with E-state index in [1.54, 1.807) is 0 Å². The van der Waals surface area contributed by atoms with Gasteiger partial charge in [0.2, 0.25) is 0 Å². The summed E-state index contributed by atoms with van der Waals surface area (Å²) in [5.74, 6) is 0. The maximum Gasteiger partial charge on any atom is 0.185 e. The highest BCUT2D eigenvalue weighted by Crippen LogP contribution is 2.36. The molecular formula is C13H11ClN4S. The standard InChI is InChI=1S/C13H11ClN4S/c14-12-11(6-15)19-13(18-12)17-10-4-1-7-5-8(16)2-3-9(7)10/h2-3,5,10H,1,4,16H2,(H,17,18). The molecule has 0 amide bonds. The largest absolute Gasteiger partial charge is 0.399 e. The minimum Gasteiger partial charge on any atom is -0.399 e. The maximum atomic E-state index is 8.88. The SMILES string of the molecule is N#Cc1sc(NC2CCc3cc(N)ccc32)nc1Cl. The summed E-state index contributed by atoms with van der Waals surface area (Å²) in [6.45, 7) is 0. The van der Waals surface area contributed by atoms with Crippen LogP contribution in [0.2, 0.25) is 5.15 Å². The second-order valence-corrected chi connectivity index (χ2v) is 5.80. The van der Waals surface area contributed by atoms with Gasteiger partial charge in [-0.2, -0.15) is 5.26 Å². The molecule has 1 aliphatic rings. The molecule has 0 saturated carbocycles. The molecule has 2 aromatic rings. The van der Waals surface area contributed by atoms with E-state index in [4.69, 9.17) is 22.6 Å². The summed E-state index contributed by atoms with van der Waals surface area (Å²) in [5.41, 5.74) is 9.11. The smallest absolute Gasteiger partial charge is 0.185 e. The topological polar surface area (TPSA) is 74.7 Å². The minimum atomic E-state index is 0.212. The van der Waals surface area contributed by atoms with Gasteiger partial charge in [-0.25, -0.2) is 4.98 Å². The van der Waals surface area contributed by atoms with Gasteiger partial charge < -0.3 is 11.1 Å². The van der Waals surface area contributed by atoms with Crippen molar-refractivity contribution in [2.75, 3.05) is 11.1 Å². The number of hydrogen-bond donors (Lipinski definition) is 2. The summed E-state index contributed by atoms with van der Waals surface area (Å²) in [7, 11) is 0. The summed E-state index contributed by atoms with van der Waals surface area (Å²) in [5, 5.41) is 13.2. The Balaban J connectivity index is 1.85. The number of benzene rings is 1. The van der Waals surface area contributed by atoms with Crippen LogP contribution in [0, 0.1) is 11.3 Å². The molecular weight excluding hydrogens is 280 g/mol. The molecule has 1 aliphatic carbocycles. The van der Waals surface area contributed by atoms with Crippen molar-refractivity contribution in [1.29, 1.82) is 5.26 Å². The van der Waals surface area contributed by atoms with Gasteiger partial charge in [0.25, 0.3) is 0 Å². The number of aryl methyl sites for hydroxylation is 1. The number of thiazole rings is 1. The number of nitrogens with one attached hydrogen (secondary N) is 1. The Morgan fingerprint density at radius 3 is 3.11 bits per heavy atom. The van der Waals surface area contributed by atoms with E-state index >= 15 is 0 Å². The number of halogens is 1. The summed E-state index contributed by atoms with van der Waals surface area (Å²) >= 11 is 7.16. The van der Waals surface area contributed by atoms with Crippen molar-refractivity contribution in [2.24, 2.45) is 0 Å². The molecule has 1 unspecified atom stereocenters. The quantitative estimate of drug-likeness (QED) is 0.832. The fourth-order valence-electron chi connectivity index (χ4n) is 2.37. The summed E-state index contributed by atoms with van der Waals surface area (Å²) in [4.78, 5) is 4.61. The number of rotatable bonds is 2. The highest BCUT2D eigenvalue weighted by Gasteiger charge is 2.23. The Bertz CT molecular complexity index is 674. The second kappa shape index (κ2) is 4.72. The van der Waals surface area contributed by atoms with Crippen molar-refractivity contribution < 1.29 is 0 Å². The molecule has 1 heterocycles. The van der Waals surface area contributed by atoms with Crippen molar-refractivity contribution >= 4 is 33.8 Å². The molecule has 3 N–H and O–H groups in total. The normalized spacial score (nSPS) is 16.9. The van der Waals surface area contributed by atoms with Crippen molar-refractivity contribution in [3.8, 4) is 6.07 Å². The number of nitriles is 1. The lowest BCUT2D eigenvalue weighted by atomic mass is 10.1. The number of nitrogens with zero attached hydrogens (tertiary/aromatic N) is 2. The van der Waals surface area contributed by atoms with Crippen molar-refractivity contribution in [2.45, 2.75) is 18.9 Å². The van der Waals surface area contributed by atoms with Gasteiger partial charge in [0.05, 0.1) is 6.04 Å². The van der Waals surface area contributed by atoms with Crippen LogP contribution in [0.3, 0.4) is 0 Å². The Labute approximate surface area is 119 Å². The molecule has 6 heteroatoms. The number of nitrogen functional groups attached to an aromatic ring is 1. The van der Waals surface area contributed by atoms with Gasteiger partial charge in [0.15, 0.2) is 10.3 Å². The number of hydrogen-bond acceptors (Lipinski definition) is 5. The number of aromatic nitrogens is 1. The monoisotopic (exact) mass is 290 g/mol. The first kappa shape index (κ1) is 12.3. The molecule has 0 bridgehead atoms. The first-order valence-corrected chi connectivity index (χ1v) is 7.08. The van der Waals surface area contributed by atoms with E-state index in [-0.39, 0.29) is 11.2 Å². The fraction of sp³-hybridized carbons (Fsp3) is 0.231. The first-order valence-electron chi connectivity index (χ1n) is 5.88. The van der Waals surface area contributed by atoms with Crippen molar-refractivity contribution in [1.82, 2.24) is 4.98 Å². The predicted molar refractivity (Wildman–Crippen MR) is 77.4 cm³/mol. The van der Waals surface area contributed by atoms with Gasteiger partial charge in [-0.3, -0.25) is 0 Å². The number of anilines is 2. The van der Waals surface area contributed by atoms with Crippen LogP contribution in [0.5, 0.6) is 0 Å². The van der Waals surface area contributed by atoms with Crippen LogP contribution in [-0.4, -0.2) is 4.98 Å². The van der Waals surface area contributed by atoms with E-state index in [0.29, 0.717) is 10.0 Å². The van der Waals surface area contributed by atoms with E-state index in [9.17, 15) is 0 Å². The van der Waals surface area contributed by atoms with Crippen molar-refractivity contribution in [3.05, 3.63) is 39.4 Å². The zero-order valence-electron chi connectivity index (χ0n) is 9.98. The van der Waals surface area contributed by atoms with Crippen LogP contribution in [0.25, 0.3) is 0 Å². The fourth-order valence-corrected chi connectivity index (χ4v) is 3.37. The lowest BCUT2D eigenvalue weighted by Gasteiger charge is -2.12. The Morgan fingerprint density at radius 2 is 2.37 bits per heavy atom. The molecule has 1 atom stereocenters. The molecule has 1 aromatic carbocycles. The predicted octanol–water partition coefficient (Wildman–Crippen LogP) is 3.35. The van der Waals surface area contributed by atoms with Gasteiger partial charge in [-0.15, -0.1) is 0 Å². The average molecular weight is 291 g/mol. The average Bonchev–Trinajstić information content (AvgIpc) is 2.93. The molecule has 19 heavy (non-hydrogen) atoms. The third-order valence-electron chi connectivity index (χ3n) is 3.23. The van der Waals surface area contributed by atoms with Gasteiger partial charge in [-0.1, -0.05) is 29.0 Å². The summed E-state index contributed by atoms with van der Waals surface area (Å²) in [6, 6.07) is 8.23. The van der Waals surface area contributed by atoms with E-state index in [0.717, 1.165) is 18.5 Å². The number of nitrogens with two attached hydrogens (primary N) is 1. The van der Waals surface area contributed by atoms with E-state index in [1.807, 2.05) is 18.2 Å². The molecule has 0 radical (unpaired) electrons. The Morgan fingerprint density at radius 1 is 1.53 bits per heavy atom. The van der Waals surface area contributed by atoms with E-state index < -0.39 is 0 Å². The van der Waals surface area contributed by atoms with Gasteiger partial charge in [0, 0.05) is 5.69 Å². The molecule has 96 valence electrons. The molecule has 1 aromatic heterocycles. The minimum absolute atomic E-state index is 0.212. The Hall–Kier alpha value is -1.77. The number of fused-ring (bicyclic) bond motifs is 1. The van der Waals surface area contributed by atoms with E-state index in [1.165, 1.54) is 22.5 Å². The van der Waals surface area contributed by atoms with Crippen LogP contribution in [0.4, 0.5) is 10.8 Å². The molecule has 3 rings (SSSR count). The second-order valence-electron chi connectivity index (χ2n) is 4.44. The zero-order chi connectivity index (χ0) is 13.4. The summed E-state index contributed by atoms with van der Waals surface area (Å²) in [6.07, 6.45) is 2.00. The highest BCUT2D eigenvalue weighted by atomic mass is 35.5. The lowest BCUT2D eigenvalue weighted by Crippen LogP contribution is -2.06. The maximum absolute atomic E-state index is 8.88. The molecule has 0 aliphatic heterocycles. The van der Waals surface area contributed by atoms with Crippen molar-refractivity contribution in [3.63, 3.8) is 0 Å². The van der Waals surface area contributed by atoms with Crippen LogP contribution in [0.15, 0.2) is 18.2 Å². The molecule has 4 nitrogen and oxygen atoms in total. The lowest BCUT2D eigenvalue weighted by molar-refractivity contribution is 0.761.